The number of esters is 1. The minimum Gasteiger partial charge on any atom is -0.468 e. The fourth-order valence-corrected chi connectivity index (χ4v) is 1.96. The summed E-state index contributed by atoms with van der Waals surface area (Å²) in [4.78, 5) is 14.2. The first kappa shape index (κ1) is 12.8. The Kier molecular flexibility index (Phi) is 5.48. The van der Waals surface area contributed by atoms with Crippen LogP contribution in [-0.2, 0) is 9.53 Å². The van der Waals surface area contributed by atoms with Crippen molar-refractivity contribution >= 4 is 34.7 Å². The molecule has 1 aliphatic rings. The molecule has 0 atom stereocenters. The van der Waals surface area contributed by atoms with E-state index in [4.69, 9.17) is 0 Å². The quantitative estimate of drug-likeness (QED) is 0.716. The number of nitrogens with zero attached hydrogens (tertiary/aromatic N) is 1. The molecule has 13 heavy (non-hydrogen) atoms. The van der Waals surface area contributed by atoms with E-state index < -0.39 is 0 Å². The number of carbonyl (C=O) groups is 1. The zero-order valence-corrected chi connectivity index (χ0v) is 10.5. The van der Waals surface area contributed by atoms with Crippen LogP contribution in [0.4, 0.5) is 0 Å². The molecule has 0 bridgehead atoms. The van der Waals surface area contributed by atoms with Gasteiger partial charge in [-0.15, -0.1) is 28.7 Å². The molecule has 0 N–H and O–H groups in total. The second kappa shape index (κ2) is 5.54. The monoisotopic (exact) mass is 267 g/mol. The molecule has 0 aromatic heterocycles. The van der Waals surface area contributed by atoms with Gasteiger partial charge < -0.3 is 9.64 Å². The summed E-state index contributed by atoms with van der Waals surface area (Å²) in [5.74, 6) is 0.692. The molecule has 0 aromatic carbocycles. The molecular weight excluding hydrogens is 254 g/mol. The van der Waals surface area contributed by atoms with Crippen molar-refractivity contribution in [2.45, 2.75) is 13.8 Å². The first-order valence-corrected chi connectivity index (χ1v) is 4.75. The summed E-state index contributed by atoms with van der Waals surface area (Å²) in [6, 6.07) is 0. The lowest BCUT2D eigenvalue weighted by Crippen LogP contribution is -2.26. The Bertz CT molecular complexity index is 230. The maximum absolute atomic E-state index is 10.9. The van der Waals surface area contributed by atoms with Gasteiger partial charge in [0.25, 0.3) is 0 Å². The van der Waals surface area contributed by atoms with Crippen LogP contribution >= 0.6 is 28.7 Å². The van der Waals surface area contributed by atoms with Crippen molar-refractivity contribution in [2.75, 3.05) is 19.5 Å². The predicted octanol–water partition coefficient (Wildman–Crippen LogP) is 2.00. The molecule has 0 aromatic rings. The molecule has 0 aliphatic carbocycles. The fourth-order valence-electron chi connectivity index (χ4n) is 0.983. The van der Waals surface area contributed by atoms with Crippen LogP contribution in [0.5, 0.6) is 0 Å². The number of rotatable bonds is 2. The highest BCUT2D eigenvalue weighted by atomic mass is 79.9. The summed E-state index contributed by atoms with van der Waals surface area (Å²) in [5.41, 5.74) is 1.19. The summed E-state index contributed by atoms with van der Waals surface area (Å²) in [5, 5.41) is 0. The number of hydrogen-bond acceptors (Lipinski definition) is 4. The Hall–Kier alpha value is -0.160. The van der Waals surface area contributed by atoms with Crippen LogP contribution in [-0.4, -0.2) is 30.4 Å². The summed E-state index contributed by atoms with van der Waals surface area (Å²) in [6.45, 7) is 4.46. The van der Waals surface area contributed by atoms with Crippen molar-refractivity contribution in [1.29, 1.82) is 0 Å². The van der Waals surface area contributed by atoms with Crippen molar-refractivity contribution in [1.82, 2.24) is 4.90 Å². The Morgan fingerprint density at radius 3 is 2.62 bits per heavy atom. The van der Waals surface area contributed by atoms with Crippen LogP contribution in [0.1, 0.15) is 13.8 Å². The SMILES string of the molecule is Br.COC(=O)CN1CSC(C)=C1C. The van der Waals surface area contributed by atoms with Crippen LogP contribution in [0.2, 0.25) is 0 Å². The Morgan fingerprint density at radius 2 is 2.23 bits per heavy atom. The molecule has 0 unspecified atom stereocenters. The van der Waals surface area contributed by atoms with Gasteiger partial charge >= 0.3 is 5.97 Å². The fraction of sp³-hybridized carbons (Fsp3) is 0.625. The first-order valence-electron chi connectivity index (χ1n) is 3.77. The van der Waals surface area contributed by atoms with Crippen molar-refractivity contribution in [3.63, 3.8) is 0 Å². The van der Waals surface area contributed by atoms with E-state index in [9.17, 15) is 4.79 Å². The highest BCUT2D eigenvalue weighted by molar-refractivity contribution is 8.93. The van der Waals surface area contributed by atoms with Crippen LogP contribution in [0.15, 0.2) is 10.6 Å². The van der Waals surface area contributed by atoms with E-state index in [1.165, 1.54) is 17.7 Å². The number of carbonyl (C=O) groups excluding carboxylic acids is 1. The third-order valence-corrected chi connectivity index (χ3v) is 3.14. The molecule has 0 radical (unpaired) electrons. The minimum atomic E-state index is -0.176. The van der Waals surface area contributed by atoms with Crippen LogP contribution in [0, 0.1) is 0 Å². The third-order valence-electron chi connectivity index (χ3n) is 1.97. The Balaban J connectivity index is 0.00000144. The zero-order chi connectivity index (χ0) is 9.14. The van der Waals surface area contributed by atoms with Crippen molar-refractivity contribution in [2.24, 2.45) is 0 Å². The van der Waals surface area contributed by atoms with E-state index in [1.807, 2.05) is 11.8 Å². The molecule has 0 spiro atoms. The maximum atomic E-state index is 10.9. The second-order valence-corrected chi connectivity index (χ2v) is 3.85. The highest BCUT2D eigenvalue weighted by Crippen LogP contribution is 2.30. The van der Waals surface area contributed by atoms with Crippen LogP contribution in [0.25, 0.3) is 0 Å². The van der Waals surface area contributed by atoms with Gasteiger partial charge in [-0.1, -0.05) is 0 Å². The average Bonchev–Trinajstić information content (AvgIpc) is 2.36. The molecule has 0 fully saturated rings. The van der Waals surface area contributed by atoms with Gasteiger partial charge in [-0.3, -0.25) is 4.79 Å². The van der Waals surface area contributed by atoms with Gasteiger partial charge in [0, 0.05) is 10.6 Å². The highest BCUT2D eigenvalue weighted by Gasteiger charge is 2.18. The standard InChI is InChI=1S/C8H13NO2S.BrH/c1-6-7(2)12-5-9(6)4-8(10)11-3;/h4-5H2,1-3H3;1H. The van der Waals surface area contributed by atoms with Gasteiger partial charge in [0.2, 0.25) is 0 Å². The van der Waals surface area contributed by atoms with Crippen molar-refractivity contribution < 1.29 is 9.53 Å². The third kappa shape index (κ3) is 3.23. The molecule has 5 heteroatoms. The smallest absolute Gasteiger partial charge is 0.325 e. The van der Waals surface area contributed by atoms with Crippen molar-refractivity contribution in [3.8, 4) is 0 Å². The molecule has 1 heterocycles. The number of hydrogen-bond donors (Lipinski definition) is 0. The summed E-state index contributed by atoms with van der Waals surface area (Å²) < 4.78 is 4.58. The summed E-state index contributed by atoms with van der Waals surface area (Å²) in [7, 11) is 1.41. The van der Waals surface area contributed by atoms with E-state index in [2.05, 4.69) is 11.7 Å². The molecule has 76 valence electrons. The lowest BCUT2D eigenvalue weighted by molar-refractivity contribution is -0.141. The average molecular weight is 268 g/mol. The number of methoxy groups -OCH3 is 1. The largest absolute Gasteiger partial charge is 0.468 e. The number of ether oxygens (including phenoxy) is 1. The Morgan fingerprint density at radius 1 is 1.62 bits per heavy atom. The molecule has 1 rings (SSSR count). The summed E-state index contributed by atoms with van der Waals surface area (Å²) in [6.07, 6.45) is 0. The molecule has 3 nitrogen and oxygen atoms in total. The first-order chi connectivity index (χ1) is 5.65. The van der Waals surface area contributed by atoms with E-state index in [0.29, 0.717) is 6.54 Å². The van der Waals surface area contributed by atoms with Crippen LogP contribution < -0.4 is 0 Å². The van der Waals surface area contributed by atoms with Crippen LogP contribution in [0.3, 0.4) is 0 Å². The topological polar surface area (TPSA) is 29.5 Å². The number of thioether (sulfide) groups is 1. The van der Waals surface area contributed by atoms with Gasteiger partial charge in [-0.25, -0.2) is 0 Å². The van der Waals surface area contributed by atoms with Crippen molar-refractivity contribution in [3.05, 3.63) is 10.6 Å². The van der Waals surface area contributed by atoms with E-state index in [0.717, 1.165) is 5.88 Å². The van der Waals surface area contributed by atoms with Gasteiger partial charge in [0.05, 0.1) is 13.0 Å². The number of halogens is 1. The maximum Gasteiger partial charge on any atom is 0.325 e. The normalized spacial score (nSPS) is 15.8. The molecule has 0 saturated carbocycles. The van der Waals surface area contributed by atoms with E-state index >= 15 is 0 Å². The number of allylic oxidation sites excluding steroid dienone is 2. The van der Waals surface area contributed by atoms with E-state index in [-0.39, 0.29) is 23.0 Å². The predicted molar refractivity (Wildman–Crippen MR) is 59.9 cm³/mol. The second-order valence-electron chi connectivity index (χ2n) is 2.69. The zero-order valence-electron chi connectivity index (χ0n) is 7.99. The molecule has 0 saturated heterocycles. The minimum absolute atomic E-state index is 0. The lowest BCUT2D eigenvalue weighted by atomic mass is 10.4. The lowest BCUT2D eigenvalue weighted by Gasteiger charge is -2.16. The van der Waals surface area contributed by atoms with Gasteiger partial charge in [0.1, 0.15) is 6.54 Å². The molecule has 0 amide bonds. The van der Waals surface area contributed by atoms with E-state index in [1.54, 1.807) is 11.8 Å². The molecule has 1 aliphatic heterocycles. The summed E-state index contributed by atoms with van der Waals surface area (Å²) >= 11 is 1.76. The molecular formula is C8H14BrNO2S. The van der Waals surface area contributed by atoms with Gasteiger partial charge in [-0.05, 0) is 13.8 Å². The Labute approximate surface area is 93.3 Å². The van der Waals surface area contributed by atoms with Gasteiger partial charge in [-0.2, -0.15) is 0 Å². The van der Waals surface area contributed by atoms with Gasteiger partial charge in [0.15, 0.2) is 0 Å².